The average molecular weight is 413 g/mol. The quantitative estimate of drug-likeness (QED) is 0.593. The summed E-state index contributed by atoms with van der Waals surface area (Å²) in [4.78, 5) is 28.3. The number of esters is 1. The summed E-state index contributed by atoms with van der Waals surface area (Å²) >= 11 is 5.98. The number of amides is 1. The summed E-state index contributed by atoms with van der Waals surface area (Å²) in [5.74, 6) is -0.267. The second kappa shape index (κ2) is 8.92. The van der Waals surface area contributed by atoms with Gasteiger partial charge in [0.05, 0.1) is 18.3 Å². The highest BCUT2D eigenvalue weighted by Gasteiger charge is 2.13. The van der Waals surface area contributed by atoms with Crippen molar-refractivity contribution in [2.45, 2.75) is 13.8 Å². The summed E-state index contributed by atoms with van der Waals surface area (Å²) in [6.07, 6.45) is 0. The van der Waals surface area contributed by atoms with Crippen LogP contribution in [0.2, 0.25) is 5.02 Å². The molecule has 1 aromatic heterocycles. The highest BCUT2D eigenvalue weighted by atomic mass is 35.5. The van der Waals surface area contributed by atoms with Gasteiger partial charge in [0.25, 0.3) is 0 Å². The standard InChI is InChI=1S/C22H21ClN2O4/c1-13(2)22(27)24-16-8-9-18-17(10-16)20(29-12-21(26)28-3)11-19(25-18)14-4-6-15(23)7-5-14/h4-11,13H,12H2,1-3H3,(H,24,27). The van der Waals surface area contributed by atoms with Crippen molar-refractivity contribution in [3.63, 3.8) is 0 Å². The van der Waals surface area contributed by atoms with E-state index in [-0.39, 0.29) is 18.4 Å². The highest BCUT2D eigenvalue weighted by Crippen LogP contribution is 2.32. The van der Waals surface area contributed by atoms with Crippen LogP contribution in [-0.4, -0.2) is 30.6 Å². The average Bonchev–Trinajstić information content (AvgIpc) is 2.72. The van der Waals surface area contributed by atoms with Crippen LogP contribution in [0.5, 0.6) is 5.75 Å². The molecular weight excluding hydrogens is 392 g/mol. The van der Waals surface area contributed by atoms with Gasteiger partial charge in [0.2, 0.25) is 5.91 Å². The van der Waals surface area contributed by atoms with E-state index in [2.05, 4.69) is 15.0 Å². The summed E-state index contributed by atoms with van der Waals surface area (Å²) in [5, 5.41) is 4.16. The Hall–Kier alpha value is -3.12. The summed E-state index contributed by atoms with van der Waals surface area (Å²) in [7, 11) is 1.30. The fourth-order valence-corrected chi connectivity index (χ4v) is 2.77. The molecule has 3 aromatic rings. The van der Waals surface area contributed by atoms with Crippen molar-refractivity contribution in [2.75, 3.05) is 19.0 Å². The molecule has 0 aliphatic carbocycles. The molecule has 7 heteroatoms. The molecule has 0 bridgehead atoms. The summed E-state index contributed by atoms with van der Waals surface area (Å²) in [5.41, 5.74) is 2.82. The topological polar surface area (TPSA) is 77.5 Å². The van der Waals surface area contributed by atoms with Crippen molar-refractivity contribution in [3.05, 3.63) is 53.6 Å². The number of carbonyl (C=O) groups is 2. The Bertz CT molecular complexity index is 1050. The van der Waals surface area contributed by atoms with Crippen molar-refractivity contribution in [3.8, 4) is 17.0 Å². The van der Waals surface area contributed by atoms with E-state index in [1.165, 1.54) is 7.11 Å². The zero-order valence-corrected chi connectivity index (χ0v) is 17.1. The molecule has 2 aromatic carbocycles. The SMILES string of the molecule is COC(=O)COc1cc(-c2ccc(Cl)cc2)nc2ccc(NC(=O)C(C)C)cc12. The number of anilines is 1. The van der Waals surface area contributed by atoms with Crippen LogP contribution in [0.25, 0.3) is 22.2 Å². The van der Waals surface area contributed by atoms with E-state index >= 15 is 0 Å². The Labute approximate surface area is 173 Å². The van der Waals surface area contributed by atoms with Crippen molar-refractivity contribution in [1.82, 2.24) is 4.98 Å². The normalized spacial score (nSPS) is 10.8. The molecule has 0 fully saturated rings. The zero-order valence-electron chi connectivity index (χ0n) is 16.4. The zero-order chi connectivity index (χ0) is 21.0. The molecule has 1 N–H and O–H groups in total. The van der Waals surface area contributed by atoms with Gasteiger partial charge >= 0.3 is 5.97 Å². The van der Waals surface area contributed by atoms with E-state index in [1.807, 2.05) is 26.0 Å². The molecule has 1 amide bonds. The lowest BCUT2D eigenvalue weighted by atomic mass is 10.1. The molecule has 0 unspecified atom stereocenters. The fourth-order valence-electron chi connectivity index (χ4n) is 2.64. The van der Waals surface area contributed by atoms with E-state index in [1.54, 1.807) is 36.4 Å². The van der Waals surface area contributed by atoms with Crippen molar-refractivity contribution < 1.29 is 19.1 Å². The van der Waals surface area contributed by atoms with Gasteiger partial charge < -0.3 is 14.8 Å². The number of rotatable bonds is 6. The van der Waals surface area contributed by atoms with Gasteiger partial charge in [0, 0.05) is 33.6 Å². The van der Waals surface area contributed by atoms with E-state index in [9.17, 15) is 9.59 Å². The highest BCUT2D eigenvalue weighted by molar-refractivity contribution is 6.30. The Morgan fingerprint density at radius 3 is 2.48 bits per heavy atom. The lowest BCUT2D eigenvalue weighted by Crippen LogP contribution is -2.17. The largest absolute Gasteiger partial charge is 0.481 e. The molecular formula is C22H21ClN2O4. The third kappa shape index (κ3) is 5.03. The number of aromatic nitrogens is 1. The number of halogens is 1. The first kappa shape index (κ1) is 20.6. The Morgan fingerprint density at radius 1 is 1.10 bits per heavy atom. The lowest BCUT2D eigenvalue weighted by Gasteiger charge is -2.13. The third-order valence-electron chi connectivity index (χ3n) is 4.28. The summed E-state index contributed by atoms with van der Waals surface area (Å²) in [6.45, 7) is 3.40. The Balaban J connectivity index is 2.06. The number of carbonyl (C=O) groups excluding carboxylic acids is 2. The molecule has 0 aliphatic heterocycles. The Morgan fingerprint density at radius 2 is 1.83 bits per heavy atom. The van der Waals surface area contributed by atoms with Crippen molar-refractivity contribution in [2.24, 2.45) is 5.92 Å². The molecule has 150 valence electrons. The molecule has 0 saturated carbocycles. The number of ether oxygens (including phenoxy) is 2. The molecule has 0 saturated heterocycles. The van der Waals surface area contributed by atoms with Gasteiger partial charge in [0.1, 0.15) is 5.75 Å². The molecule has 6 nitrogen and oxygen atoms in total. The smallest absolute Gasteiger partial charge is 0.343 e. The first-order chi connectivity index (χ1) is 13.9. The fraction of sp³-hybridized carbons (Fsp3) is 0.227. The van der Waals surface area contributed by atoms with E-state index in [0.29, 0.717) is 33.1 Å². The van der Waals surface area contributed by atoms with Crippen molar-refractivity contribution in [1.29, 1.82) is 0 Å². The predicted octanol–water partition coefficient (Wildman–Crippen LogP) is 4.70. The molecule has 1 heterocycles. The molecule has 3 rings (SSSR count). The number of hydrogen-bond donors (Lipinski definition) is 1. The summed E-state index contributed by atoms with van der Waals surface area (Å²) in [6, 6.07) is 14.4. The van der Waals surface area contributed by atoms with Gasteiger partial charge in [-0.15, -0.1) is 0 Å². The van der Waals surface area contributed by atoms with Crippen LogP contribution in [0.15, 0.2) is 48.5 Å². The number of fused-ring (bicyclic) bond motifs is 1. The number of benzene rings is 2. The van der Waals surface area contributed by atoms with Crippen LogP contribution in [0.4, 0.5) is 5.69 Å². The number of pyridine rings is 1. The van der Waals surface area contributed by atoms with Crippen LogP contribution >= 0.6 is 11.6 Å². The second-order valence-corrected chi connectivity index (χ2v) is 7.19. The Kier molecular flexibility index (Phi) is 6.34. The number of nitrogens with zero attached hydrogens (tertiary/aromatic N) is 1. The summed E-state index contributed by atoms with van der Waals surface area (Å²) < 4.78 is 10.4. The minimum absolute atomic E-state index is 0.0906. The number of hydrogen-bond acceptors (Lipinski definition) is 5. The van der Waals surface area contributed by atoms with Crippen molar-refractivity contribution >= 4 is 40.1 Å². The van der Waals surface area contributed by atoms with Crippen LogP contribution in [0.1, 0.15) is 13.8 Å². The van der Waals surface area contributed by atoms with Gasteiger partial charge in [-0.2, -0.15) is 0 Å². The van der Waals surface area contributed by atoms with Gasteiger partial charge in [-0.05, 0) is 30.3 Å². The minimum Gasteiger partial charge on any atom is -0.481 e. The maximum atomic E-state index is 12.0. The van der Waals surface area contributed by atoms with Gasteiger partial charge in [0.15, 0.2) is 6.61 Å². The molecule has 0 aliphatic rings. The third-order valence-corrected chi connectivity index (χ3v) is 4.53. The first-order valence-electron chi connectivity index (χ1n) is 9.08. The maximum absolute atomic E-state index is 12.0. The minimum atomic E-state index is -0.493. The van der Waals surface area contributed by atoms with Crippen LogP contribution in [-0.2, 0) is 14.3 Å². The predicted molar refractivity (Wildman–Crippen MR) is 113 cm³/mol. The van der Waals surface area contributed by atoms with Crippen LogP contribution < -0.4 is 10.1 Å². The molecule has 0 radical (unpaired) electrons. The first-order valence-corrected chi connectivity index (χ1v) is 9.46. The monoisotopic (exact) mass is 412 g/mol. The van der Waals surface area contributed by atoms with E-state index in [0.717, 1.165) is 5.56 Å². The van der Waals surface area contributed by atoms with Crippen LogP contribution in [0, 0.1) is 5.92 Å². The van der Waals surface area contributed by atoms with Crippen LogP contribution in [0.3, 0.4) is 0 Å². The maximum Gasteiger partial charge on any atom is 0.343 e. The van der Waals surface area contributed by atoms with Gasteiger partial charge in [-0.25, -0.2) is 9.78 Å². The van der Waals surface area contributed by atoms with Gasteiger partial charge in [-0.1, -0.05) is 37.6 Å². The van der Waals surface area contributed by atoms with Gasteiger partial charge in [-0.3, -0.25) is 4.79 Å². The lowest BCUT2D eigenvalue weighted by molar-refractivity contribution is -0.142. The number of nitrogens with one attached hydrogen (secondary N) is 1. The molecule has 0 spiro atoms. The molecule has 0 atom stereocenters. The molecule has 29 heavy (non-hydrogen) atoms. The van der Waals surface area contributed by atoms with E-state index < -0.39 is 5.97 Å². The van der Waals surface area contributed by atoms with E-state index in [4.69, 9.17) is 16.3 Å². The second-order valence-electron chi connectivity index (χ2n) is 6.75. The number of methoxy groups -OCH3 is 1.